The predicted molar refractivity (Wildman–Crippen MR) is 71.8 cm³/mol. The van der Waals surface area contributed by atoms with Crippen molar-refractivity contribution < 1.29 is 4.84 Å². The van der Waals surface area contributed by atoms with E-state index in [0.717, 1.165) is 6.42 Å². The third-order valence-electron chi connectivity index (χ3n) is 3.53. The minimum Gasteiger partial charge on any atom is -0.291 e. The number of benzene rings is 2. The monoisotopic (exact) mass is 239 g/mol. The van der Waals surface area contributed by atoms with E-state index in [2.05, 4.69) is 48.5 Å². The second-order valence-corrected chi connectivity index (χ2v) is 4.71. The lowest BCUT2D eigenvalue weighted by Crippen LogP contribution is -2.16. The highest BCUT2D eigenvalue weighted by atomic mass is 16.7. The smallest absolute Gasteiger partial charge is 0.106 e. The average Bonchev–Trinajstić information content (AvgIpc) is 2.83. The molecule has 92 valence electrons. The first kappa shape index (κ1) is 11.5. The van der Waals surface area contributed by atoms with Crippen LogP contribution in [0.4, 0.5) is 0 Å². The lowest BCUT2D eigenvalue weighted by atomic mass is 9.98. The van der Waals surface area contributed by atoms with Crippen LogP contribution >= 0.6 is 0 Å². The van der Waals surface area contributed by atoms with Crippen molar-refractivity contribution in [3.63, 3.8) is 0 Å². The first-order chi connectivity index (χ1) is 8.84. The number of hydrogen-bond donors (Lipinski definition) is 0. The second kappa shape index (κ2) is 4.92. The molecule has 1 aliphatic heterocycles. The van der Waals surface area contributed by atoms with E-state index in [9.17, 15) is 0 Å². The zero-order valence-corrected chi connectivity index (χ0v) is 10.5. The topological polar surface area (TPSA) is 12.5 Å². The maximum Gasteiger partial charge on any atom is 0.106 e. The van der Waals surface area contributed by atoms with Gasteiger partial charge in [0.25, 0.3) is 0 Å². The Morgan fingerprint density at radius 1 is 0.889 bits per heavy atom. The number of hydroxylamine groups is 2. The number of rotatable bonds is 2. The van der Waals surface area contributed by atoms with Crippen LogP contribution in [0.2, 0.25) is 0 Å². The standard InChI is InChI=1S/C16H17NO/c1-17-15(13-8-4-2-5-9-13)12-16(18-17)14-10-6-3-7-11-14/h2-11,15-16H,12H2,1H3/t15-,16+/m1/s1. The van der Waals surface area contributed by atoms with E-state index < -0.39 is 0 Å². The minimum atomic E-state index is 0.168. The van der Waals surface area contributed by atoms with Gasteiger partial charge in [-0.3, -0.25) is 4.84 Å². The summed E-state index contributed by atoms with van der Waals surface area (Å²) in [5.74, 6) is 0. The van der Waals surface area contributed by atoms with Crippen LogP contribution in [0.25, 0.3) is 0 Å². The molecule has 0 aliphatic carbocycles. The Bertz CT molecular complexity index is 497. The molecule has 0 unspecified atom stereocenters. The Morgan fingerprint density at radius 2 is 1.44 bits per heavy atom. The van der Waals surface area contributed by atoms with Crippen molar-refractivity contribution in [2.75, 3.05) is 7.05 Å². The van der Waals surface area contributed by atoms with Gasteiger partial charge in [0.15, 0.2) is 0 Å². The molecule has 2 aromatic carbocycles. The van der Waals surface area contributed by atoms with Crippen molar-refractivity contribution >= 4 is 0 Å². The van der Waals surface area contributed by atoms with Crippen LogP contribution in [0, 0.1) is 0 Å². The molecule has 18 heavy (non-hydrogen) atoms. The van der Waals surface area contributed by atoms with Crippen LogP contribution in [-0.2, 0) is 4.84 Å². The van der Waals surface area contributed by atoms with Gasteiger partial charge in [-0.2, -0.15) is 5.06 Å². The molecule has 2 nitrogen and oxygen atoms in total. The highest BCUT2D eigenvalue weighted by molar-refractivity contribution is 5.23. The second-order valence-electron chi connectivity index (χ2n) is 4.71. The van der Waals surface area contributed by atoms with Crippen LogP contribution in [0.1, 0.15) is 29.7 Å². The summed E-state index contributed by atoms with van der Waals surface area (Å²) in [6.07, 6.45) is 1.17. The molecule has 0 bridgehead atoms. The molecule has 0 aromatic heterocycles. The van der Waals surface area contributed by atoms with Gasteiger partial charge in [0, 0.05) is 13.5 Å². The molecule has 2 aromatic rings. The van der Waals surface area contributed by atoms with Gasteiger partial charge in [-0.1, -0.05) is 60.7 Å². The Morgan fingerprint density at radius 3 is 2.06 bits per heavy atom. The molecule has 0 spiro atoms. The summed E-state index contributed by atoms with van der Waals surface area (Å²) in [5.41, 5.74) is 2.57. The van der Waals surface area contributed by atoms with E-state index in [1.807, 2.05) is 24.2 Å². The minimum absolute atomic E-state index is 0.168. The van der Waals surface area contributed by atoms with Gasteiger partial charge < -0.3 is 0 Å². The van der Waals surface area contributed by atoms with E-state index in [1.165, 1.54) is 11.1 Å². The van der Waals surface area contributed by atoms with Gasteiger partial charge in [-0.25, -0.2) is 0 Å². The molecule has 1 aliphatic rings. The molecule has 0 saturated carbocycles. The molecule has 3 rings (SSSR count). The molecule has 2 atom stereocenters. The van der Waals surface area contributed by atoms with Crippen molar-refractivity contribution in [1.29, 1.82) is 0 Å². The summed E-state index contributed by atoms with van der Waals surface area (Å²) in [6.45, 7) is 0. The van der Waals surface area contributed by atoms with E-state index >= 15 is 0 Å². The molecule has 0 radical (unpaired) electrons. The van der Waals surface area contributed by atoms with Crippen molar-refractivity contribution in [3.8, 4) is 0 Å². The number of nitrogens with zero attached hydrogens (tertiary/aromatic N) is 1. The van der Waals surface area contributed by atoms with Crippen molar-refractivity contribution in [3.05, 3.63) is 71.8 Å². The normalized spacial score (nSPS) is 24.3. The Kier molecular flexibility index (Phi) is 3.13. The molecule has 0 amide bonds. The van der Waals surface area contributed by atoms with Crippen LogP contribution in [0.15, 0.2) is 60.7 Å². The van der Waals surface area contributed by atoms with Crippen molar-refractivity contribution in [2.45, 2.75) is 18.6 Å². The van der Waals surface area contributed by atoms with E-state index in [-0.39, 0.29) is 6.10 Å². The summed E-state index contributed by atoms with van der Waals surface area (Å²) in [6, 6.07) is 21.3. The zero-order chi connectivity index (χ0) is 12.4. The molecule has 0 N–H and O–H groups in total. The van der Waals surface area contributed by atoms with Crippen LogP contribution in [-0.4, -0.2) is 12.1 Å². The lowest BCUT2D eigenvalue weighted by molar-refractivity contribution is -0.145. The summed E-state index contributed by atoms with van der Waals surface area (Å²) < 4.78 is 0. The first-order valence-corrected chi connectivity index (χ1v) is 6.34. The maximum atomic E-state index is 5.95. The highest BCUT2D eigenvalue weighted by Gasteiger charge is 2.32. The number of hydrogen-bond acceptors (Lipinski definition) is 2. The quantitative estimate of drug-likeness (QED) is 0.791. The van der Waals surface area contributed by atoms with Gasteiger partial charge in [0.1, 0.15) is 6.10 Å². The van der Waals surface area contributed by atoms with E-state index in [1.54, 1.807) is 0 Å². The fourth-order valence-corrected chi connectivity index (χ4v) is 2.55. The average molecular weight is 239 g/mol. The van der Waals surface area contributed by atoms with Crippen molar-refractivity contribution in [2.24, 2.45) is 0 Å². The Labute approximate surface area is 108 Å². The van der Waals surface area contributed by atoms with E-state index in [0.29, 0.717) is 6.04 Å². The third kappa shape index (κ3) is 2.17. The first-order valence-electron chi connectivity index (χ1n) is 6.34. The van der Waals surface area contributed by atoms with Crippen LogP contribution < -0.4 is 0 Å². The summed E-state index contributed by atoms with van der Waals surface area (Å²) in [4.78, 5) is 5.95. The lowest BCUT2D eigenvalue weighted by Gasteiger charge is -2.17. The highest BCUT2D eigenvalue weighted by Crippen LogP contribution is 2.40. The van der Waals surface area contributed by atoms with Gasteiger partial charge in [-0.15, -0.1) is 0 Å². The summed E-state index contributed by atoms with van der Waals surface area (Å²) in [5, 5.41) is 1.98. The summed E-state index contributed by atoms with van der Waals surface area (Å²) >= 11 is 0. The van der Waals surface area contributed by atoms with Crippen LogP contribution in [0.3, 0.4) is 0 Å². The molecular formula is C16H17NO. The largest absolute Gasteiger partial charge is 0.291 e. The van der Waals surface area contributed by atoms with Gasteiger partial charge in [0.05, 0.1) is 6.04 Å². The molecule has 1 fully saturated rings. The van der Waals surface area contributed by atoms with Gasteiger partial charge >= 0.3 is 0 Å². The maximum absolute atomic E-state index is 5.95. The Balaban J connectivity index is 1.81. The van der Waals surface area contributed by atoms with Gasteiger partial charge in [-0.05, 0) is 11.1 Å². The molecule has 2 heteroatoms. The fourth-order valence-electron chi connectivity index (χ4n) is 2.55. The predicted octanol–water partition coefficient (Wildman–Crippen LogP) is 3.74. The SMILES string of the molecule is CN1O[C@H](c2ccccc2)C[C@@H]1c1ccccc1. The van der Waals surface area contributed by atoms with E-state index in [4.69, 9.17) is 4.84 Å². The molecule has 1 heterocycles. The Hall–Kier alpha value is -1.64. The molecule has 1 saturated heterocycles. The van der Waals surface area contributed by atoms with Crippen molar-refractivity contribution in [1.82, 2.24) is 5.06 Å². The fraction of sp³-hybridized carbons (Fsp3) is 0.250. The van der Waals surface area contributed by atoms with Gasteiger partial charge in [0.2, 0.25) is 0 Å². The zero-order valence-electron chi connectivity index (χ0n) is 10.5. The third-order valence-corrected chi connectivity index (χ3v) is 3.53. The summed E-state index contributed by atoms with van der Waals surface area (Å²) in [7, 11) is 2.01. The van der Waals surface area contributed by atoms with Crippen LogP contribution in [0.5, 0.6) is 0 Å². The molecular weight excluding hydrogens is 222 g/mol.